The van der Waals surface area contributed by atoms with Crippen molar-refractivity contribution in [3.05, 3.63) is 81.7 Å². The van der Waals surface area contributed by atoms with Crippen LogP contribution < -0.4 is 20.5 Å². The highest BCUT2D eigenvalue weighted by Gasteiger charge is 2.27. The van der Waals surface area contributed by atoms with Gasteiger partial charge in [-0.25, -0.2) is 0 Å². The second kappa shape index (κ2) is 11.3. The fourth-order valence-electron chi connectivity index (χ4n) is 4.77. The minimum Gasteiger partial charge on any atom is -0.483 e. The van der Waals surface area contributed by atoms with Crippen molar-refractivity contribution in [3.8, 4) is 11.4 Å². The molecule has 1 aliphatic carbocycles. The van der Waals surface area contributed by atoms with Gasteiger partial charge in [0.1, 0.15) is 5.69 Å². The van der Waals surface area contributed by atoms with E-state index in [-0.39, 0.29) is 11.7 Å². The van der Waals surface area contributed by atoms with Crippen LogP contribution in [-0.2, 0) is 6.54 Å². The Hall–Kier alpha value is -3.10. The van der Waals surface area contributed by atoms with E-state index in [1.807, 2.05) is 30.3 Å². The first kappa shape index (κ1) is 24.6. The Bertz CT molecular complexity index is 1250. The maximum atomic E-state index is 13.6. The van der Waals surface area contributed by atoms with Gasteiger partial charge in [0.05, 0.1) is 18.0 Å². The van der Waals surface area contributed by atoms with Gasteiger partial charge in [-0.05, 0) is 61.7 Å². The van der Waals surface area contributed by atoms with E-state index >= 15 is 0 Å². The molecule has 7 nitrogen and oxygen atoms in total. The van der Waals surface area contributed by atoms with Crippen molar-refractivity contribution in [3.63, 3.8) is 0 Å². The van der Waals surface area contributed by atoms with E-state index in [9.17, 15) is 4.79 Å². The summed E-state index contributed by atoms with van der Waals surface area (Å²) in [5, 5.41) is 9.15. The summed E-state index contributed by atoms with van der Waals surface area (Å²) in [6.45, 7) is 3.64. The Balaban J connectivity index is 1.32. The molecule has 0 atom stereocenters. The molecule has 0 radical (unpaired) electrons. The first-order valence-electron chi connectivity index (χ1n) is 12.4. The van der Waals surface area contributed by atoms with E-state index in [1.165, 1.54) is 10.2 Å². The molecule has 9 heteroatoms. The largest absolute Gasteiger partial charge is 0.483 e. The zero-order chi connectivity index (χ0) is 24.9. The second-order valence-electron chi connectivity index (χ2n) is 9.20. The number of halogens is 1. The Morgan fingerprint density at radius 2 is 1.81 bits per heavy atom. The molecule has 2 aromatic carbocycles. The van der Waals surface area contributed by atoms with Crippen LogP contribution in [0.2, 0.25) is 5.02 Å². The molecule has 1 saturated carbocycles. The van der Waals surface area contributed by atoms with Crippen LogP contribution in [-0.4, -0.2) is 52.1 Å². The Kier molecular flexibility index (Phi) is 7.72. The molecule has 0 amide bonds. The van der Waals surface area contributed by atoms with Crippen molar-refractivity contribution in [2.24, 2.45) is 0 Å². The molecule has 2 aliphatic rings. The molecule has 0 bridgehead atoms. The minimum absolute atomic E-state index is 0.0581. The lowest BCUT2D eigenvalue weighted by Gasteiger charge is -2.37. The number of nitrogens with zero attached hydrogens (tertiary/aromatic N) is 4. The summed E-state index contributed by atoms with van der Waals surface area (Å²) < 4.78 is 7.72. The molecule has 1 N–H and O–H groups in total. The Morgan fingerprint density at radius 1 is 1.06 bits per heavy atom. The quantitative estimate of drug-likeness (QED) is 0.480. The van der Waals surface area contributed by atoms with Gasteiger partial charge in [-0.3, -0.25) is 4.79 Å². The predicted molar refractivity (Wildman–Crippen MR) is 147 cm³/mol. The molecule has 0 spiro atoms. The van der Waals surface area contributed by atoms with Crippen LogP contribution in [0.25, 0.3) is 5.69 Å². The number of piperazine rings is 1. The van der Waals surface area contributed by atoms with Crippen molar-refractivity contribution >= 4 is 34.6 Å². The first-order valence-corrected chi connectivity index (χ1v) is 13.2. The maximum Gasteiger partial charge on any atom is 0.316 e. The van der Waals surface area contributed by atoms with Crippen LogP contribution in [0.1, 0.15) is 31.2 Å². The summed E-state index contributed by atoms with van der Waals surface area (Å²) in [6, 6.07) is 17.4. The highest BCUT2D eigenvalue weighted by Crippen LogP contribution is 2.30. The van der Waals surface area contributed by atoms with Crippen LogP contribution in [0, 0.1) is 0 Å². The van der Waals surface area contributed by atoms with Gasteiger partial charge in [-0.1, -0.05) is 48.0 Å². The molecule has 5 rings (SSSR count). The van der Waals surface area contributed by atoms with Crippen molar-refractivity contribution in [2.75, 3.05) is 31.1 Å². The third kappa shape index (κ3) is 5.65. The summed E-state index contributed by atoms with van der Waals surface area (Å²) in [4.78, 5) is 17.9. The monoisotopic (exact) mass is 523 g/mol. The number of thiocarbonyl (C=S) groups is 1. The van der Waals surface area contributed by atoms with Crippen LogP contribution in [0.3, 0.4) is 0 Å². The molecule has 1 aliphatic heterocycles. The predicted octanol–water partition coefficient (Wildman–Crippen LogP) is 4.40. The number of aromatic nitrogens is 2. The van der Waals surface area contributed by atoms with Gasteiger partial charge < -0.3 is 19.9 Å². The molecule has 1 aromatic heterocycles. The fourth-order valence-corrected chi connectivity index (χ4v) is 5.20. The van der Waals surface area contributed by atoms with E-state index in [4.69, 9.17) is 28.6 Å². The molecule has 0 unspecified atom stereocenters. The zero-order valence-corrected chi connectivity index (χ0v) is 21.7. The molecular formula is C27H30ClN5O2S. The number of rotatable bonds is 6. The molecule has 2 fully saturated rings. The molecule has 36 heavy (non-hydrogen) atoms. The van der Waals surface area contributed by atoms with Gasteiger partial charge in [-0.15, -0.1) is 0 Å². The van der Waals surface area contributed by atoms with E-state index in [2.05, 4.69) is 32.3 Å². The second-order valence-corrected chi connectivity index (χ2v) is 10.0. The third-order valence-electron chi connectivity index (χ3n) is 6.75. The van der Waals surface area contributed by atoms with Gasteiger partial charge in [0, 0.05) is 37.7 Å². The highest BCUT2D eigenvalue weighted by molar-refractivity contribution is 7.80. The lowest BCUT2D eigenvalue weighted by atomic mass is 10.2. The molecule has 2 heterocycles. The molecular weight excluding hydrogens is 494 g/mol. The highest BCUT2D eigenvalue weighted by atomic mass is 35.5. The molecule has 3 aromatic rings. The van der Waals surface area contributed by atoms with Crippen molar-refractivity contribution in [1.82, 2.24) is 20.0 Å². The standard InChI is InChI=1S/C27H30ClN5O2S/c28-21-9-6-10-22(17-21)33-26(34)25(35-23-11-4-5-12-23)24(19-30-33)31-13-15-32(16-14-31)27(36)29-18-20-7-2-1-3-8-20/h1-3,6-10,17,19,23H,4-5,11-16,18H2,(H,29,36). The number of ether oxygens (including phenoxy) is 1. The third-order valence-corrected chi connectivity index (χ3v) is 7.39. The number of hydrogen-bond donors (Lipinski definition) is 1. The molecule has 188 valence electrons. The number of nitrogens with one attached hydrogen (secondary N) is 1. The number of hydrogen-bond acceptors (Lipinski definition) is 5. The summed E-state index contributed by atoms with van der Waals surface area (Å²) in [7, 11) is 0. The van der Waals surface area contributed by atoms with E-state index in [0.29, 0.717) is 23.0 Å². The van der Waals surface area contributed by atoms with Crippen molar-refractivity contribution in [2.45, 2.75) is 38.3 Å². The van der Waals surface area contributed by atoms with E-state index < -0.39 is 0 Å². The topological polar surface area (TPSA) is 62.6 Å². The van der Waals surface area contributed by atoms with Crippen molar-refractivity contribution < 1.29 is 4.74 Å². The smallest absolute Gasteiger partial charge is 0.316 e. The fraction of sp³-hybridized carbons (Fsp3) is 0.370. The lowest BCUT2D eigenvalue weighted by Crippen LogP contribution is -2.52. The minimum atomic E-state index is -0.260. The molecule has 1 saturated heterocycles. The summed E-state index contributed by atoms with van der Waals surface area (Å²) >= 11 is 11.8. The summed E-state index contributed by atoms with van der Waals surface area (Å²) in [6.07, 6.45) is 5.98. The van der Waals surface area contributed by atoms with Gasteiger partial charge >= 0.3 is 5.56 Å². The number of anilines is 1. The Morgan fingerprint density at radius 3 is 2.53 bits per heavy atom. The van der Waals surface area contributed by atoms with Gasteiger partial charge in [0.2, 0.25) is 5.75 Å². The average Bonchev–Trinajstić information content (AvgIpc) is 3.42. The summed E-state index contributed by atoms with van der Waals surface area (Å²) in [5.41, 5.74) is 2.30. The van der Waals surface area contributed by atoms with Gasteiger partial charge in [0.15, 0.2) is 5.11 Å². The maximum absolute atomic E-state index is 13.6. The average molecular weight is 524 g/mol. The van der Waals surface area contributed by atoms with Crippen LogP contribution in [0.5, 0.6) is 5.75 Å². The summed E-state index contributed by atoms with van der Waals surface area (Å²) in [5.74, 6) is 0.370. The zero-order valence-electron chi connectivity index (χ0n) is 20.1. The van der Waals surface area contributed by atoms with Crippen LogP contribution in [0.4, 0.5) is 5.69 Å². The van der Waals surface area contributed by atoms with Crippen LogP contribution in [0.15, 0.2) is 65.6 Å². The van der Waals surface area contributed by atoms with E-state index in [0.717, 1.165) is 62.7 Å². The van der Waals surface area contributed by atoms with Crippen LogP contribution >= 0.6 is 23.8 Å². The lowest BCUT2D eigenvalue weighted by molar-refractivity contribution is 0.205. The Labute approximate surface area is 221 Å². The van der Waals surface area contributed by atoms with Gasteiger partial charge in [-0.2, -0.15) is 9.78 Å². The van der Waals surface area contributed by atoms with E-state index in [1.54, 1.807) is 18.3 Å². The van der Waals surface area contributed by atoms with Crippen molar-refractivity contribution in [1.29, 1.82) is 0 Å². The SMILES string of the molecule is O=c1c(OC2CCCC2)c(N2CCN(C(=S)NCc3ccccc3)CC2)cnn1-c1cccc(Cl)c1. The number of benzene rings is 2. The van der Waals surface area contributed by atoms with Gasteiger partial charge in [0.25, 0.3) is 0 Å². The normalized spacial score (nSPS) is 16.2. The first-order chi connectivity index (χ1) is 17.6.